The molecule has 3 nitrogen and oxygen atoms in total. The molecule has 0 aliphatic rings. The van der Waals surface area contributed by atoms with Gasteiger partial charge >= 0.3 is 6.18 Å². The van der Waals surface area contributed by atoms with Crippen LogP contribution in [0.15, 0.2) is 24.3 Å². The Hall–Kier alpha value is -1.58. The standard InChI is InChI=1S/C13H16F3N3/c1-18-6-7-19(10-13(14,15)16)9-12-5-3-2-4-11(12)8-17/h2-5,18H,6-7,9-10H2,1H3. The molecule has 0 amide bonds. The van der Waals surface area contributed by atoms with Crippen molar-refractivity contribution < 1.29 is 13.2 Å². The zero-order chi connectivity index (χ0) is 14.3. The molecule has 1 aromatic rings. The van der Waals surface area contributed by atoms with E-state index in [1.165, 1.54) is 4.90 Å². The number of hydrogen-bond acceptors (Lipinski definition) is 3. The number of nitrogens with zero attached hydrogens (tertiary/aromatic N) is 2. The van der Waals surface area contributed by atoms with E-state index >= 15 is 0 Å². The summed E-state index contributed by atoms with van der Waals surface area (Å²) in [5, 5.41) is 11.8. The highest BCUT2D eigenvalue weighted by atomic mass is 19.4. The summed E-state index contributed by atoms with van der Waals surface area (Å²) < 4.78 is 37.5. The van der Waals surface area contributed by atoms with Gasteiger partial charge in [0.2, 0.25) is 0 Å². The summed E-state index contributed by atoms with van der Waals surface area (Å²) in [6, 6.07) is 8.71. The molecule has 1 rings (SSSR count). The topological polar surface area (TPSA) is 39.1 Å². The van der Waals surface area contributed by atoms with Crippen LogP contribution in [-0.2, 0) is 6.54 Å². The first kappa shape index (κ1) is 15.5. The average molecular weight is 271 g/mol. The molecule has 0 saturated heterocycles. The van der Waals surface area contributed by atoms with Gasteiger partial charge < -0.3 is 5.32 Å². The van der Waals surface area contributed by atoms with Crippen molar-refractivity contribution in [3.8, 4) is 6.07 Å². The Morgan fingerprint density at radius 1 is 1.32 bits per heavy atom. The summed E-state index contributed by atoms with van der Waals surface area (Å²) >= 11 is 0. The second-order valence-electron chi connectivity index (χ2n) is 4.20. The lowest BCUT2D eigenvalue weighted by atomic mass is 10.1. The van der Waals surface area contributed by atoms with Gasteiger partial charge in [-0.3, -0.25) is 4.90 Å². The Bertz CT molecular complexity index is 437. The van der Waals surface area contributed by atoms with Gasteiger partial charge in [-0.25, -0.2) is 0 Å². The molecule has 1 N–H and O–H groups in total. The van der Waals surface area contributed by atoms with Crippen molar-refractivity contribution in [1.29, 1.82) is 5.26 Å². The van der Waals surface area contributed by atoms with Crippen molar-refractivity contribution >= 4 is 0 Å². The summed E-state index contributed by atoms with van der Waals surface area (Å²) in [4.78, 5) is 1.28. The van der Waals surface area contributed by atoms with E-state index in [1.54, 1.807) is 31.3 Å². The van der Waals surface area contributed by atoms with Gasteiger partial charge in [0.25, 0.3) is 0 Å². The molecule has 0 bridgehead atoms. The molecule has 6 heteroatoms. The van der Waals surface area contributed by atoms with Crippen LogP contribution < -0.4 is 5.32 Å². The Labute approximate surface area is 110 Å². The first-order valence-electron chi connectivity index (χ1n) is 5.88. The Balaban J connectivity index is 2.79. The minimum Gasteiger partial charge on any atom is -0.318 e. The fourth-order valence-electron chi connectivity index (χ4n) is 1.75. The highest BCUT2D eigenvalue weighted by molar-refractivity contribution is 5.37. The molecule has 0 heterocycles. The van der Waals surface area contributed by atoms with Crippen LogP contribution in [0.5, 0.6) is 0 Å². The van der Waals surface area contributed by atoms with Crippen LogP contribution in [-0.4, -0.2) is 37.8 Å². The monoisotopic (exact) mass is 271 g/mol. The van der Waals surface area contributed by atoms with Gasteiger partial charge in [-0.1, -0.05) is 18.2 Å². The molecular weight excluding hydrogens is 255 g/mol. The van der Waals surface area contributed by atoms with E-state index in [9.17, 15) is 13.2 Å². The number of hydrogen-bond donors (Lipinski definition) is 1. The molecule has 0 aromatic heterocycles. The van der Waals surface area contributed by atoms with Crippen molar-refractivity contribution in [2.75, 3.05) is 26.7 Å². The lowest BCUT2D eigenvalue weighted by Gasteiger charge is -2.24. The maximum absolute atomic E-state index is 12.5. The first-order valence-corrected chi connectivity index (χ1v) is 5.88. The van der Waals surface area contributed by atoms with Crippen molar-refractivity contribution in [3.05, 3.63) is 35.4 Å². The molecule has 0 saturated carbocycles. The predicted molar refractivity (Wildman–Crippen MR) is 66.4 cm³/mol. The smallest absolute Gasteiger partial charge is 0.318 e. The molecule has 104 valence electrons. The fraction of sp³-hybridized carbons (Fsp3) is 0.462. The molecule has 0 fully saturated rings. The summed E-state index contributed by atoms with van der Waals surface area (Å²) in [5.41, 5.74) is 1.03. The van der Waals surface area contributed by atoms with Gasteiger partial charge in [0.05, 0.1) is 18.2 Å². The van der Waals surface area contributed by atoms with E-state index in [0.717, 1.165) is 0 Å². The number of likely N-dealkylation sites (N-methyl/N-ethyl adjacent to an activating group) is 1. The Kier molecular flexibility index (Phi) is 5.80. The van der Waals surface area contributed by atoms with Crippen LogP contribution in [0.3, 0.4) is 0 Å². The van der Waals surface area contributed by atoms with E-state index in [2.05, 4.69) is 5.32 Å². The molecular formula is C13H16F3N3. The highest BCUT2D eigenvalue weighted by Gasteiger charge is 2.30. The minimum atomic E-state index is -4.24. The van der Waals surface area contributed by atoms with E-state index in [4.69, 9.17) is 5.26 Å². The fourth-order valence-corrected chi connectivity index (χ4v) is 1.75. The number of nitriles is 1. The second kappa shape index (κ2) is 7.12. The largest absolute Gasteiger partial charge is 0.401 e. The van der Waals surface area contributed by atoms with Crippen molar-refractivity contribution in [1.82, 2.24) is 10.2 Å². The third kappa shape index (κ3) is 5.73. The van der Waals surface area contributed by atoms with E-state index < -0.39 is 12.7 Å². The Morgan fingerprint density at radius 3 is 2.58 bits per heavy atom. The van der Waals surface area contributed by atoms with Gasteiger partial charge in [0, 0.05) is 19.6 Å². The number of rotatable bonds is 6. The molecule has 0 aliphatic heterocycles. The molecule has 0 radical (unpaired) electrons. The van der Waals surface area contributed by atoms with Crippen molar-refractivity contribution in [3.63, 3.8) is 0 Å². The zero-order valence-electron chi connectivity index (χ0n) is 10.7. The van der Waals surface area contributed by atoms with Gasteiger partial charge in [-0.05, 0) is 18.7 Å². The van der Waals surface area contributed by atoms with E-state index in [0.29, 0.717) is 17.7 Å². The van der Waals surface area contributed by atoms with Crippen molar-refractivity contribution in [2.24, 2.45) is 0 Å². The molecule has 0 unspecified atom stereocenters. The molecule has 19 heavy (non-hydrogen) atoms. The van der Waals surface area contributed by atoms with Crippen LogP contribution >= 0.6 is 0 Å². The quantitative estimate of drug-likeness (QED) is 0.861. The van der Waals surface area contributed by atoms with Crippen LogP contribution in [0, 0.1) is 11.3 Å². The lowest BCUT2D eigenvalue weighted by Crippen LogP contribution is -2.37. The third-order valence-electron chi connectivity index (χ3n) is 2.61. The Morgan fingerprint density at radius 2 is 2.00 bits per heavy atom. The average Bonchev–Trinajstić information content (AvgIpc) is 2.35. The van der Waals surface area contributed by atoms with Gasteiger partial charge in [0.1, 0.15) is 0 Å². The normalized spacial score (nSPS) is 11.6. The van der Waals surface area contributed by atoms with Gasteiger partial charge in [-0.2, -0.15) is 18.4 Å². The number of nitrogens with one attached hydrogen (secondary N) is 1. The highest BCUT2D eigenvalue weighted by Crippen LogP contribution is 2.19. The van der Waals surface area contributed by atoms with Crippen LogP contribution in [0.4, 0.5) is 13.2 Å². The number of alkyl halides is 3. The second-order valence-corrected chi connectivity index (χ2v) is 4.20. The zero-order valence-corrected chi connectivity index (χ0v) is 10.7. The molecule has 1 aromatic carbocycles. The van der Waals surface area contributed by atoms with Gasteiger partial charge in [-0.15, -0.1) is 0 Å². The third-order valence-corrected chi connectivity index (χ3v) is 2.61. The summed E-state index contributed by atoms with van der Waals surface area (Å²) in [6.45, 7) is -0.125. The maximum atomic E-state index is 12.5. The van der Waals surface area contributed by atoms with Crippen LogP contribution in [0.2, 0.25) is 0 Å². The predicted octanol–water partition coefficient (Wildman–Crippen LogP) is 2.14. The first-order chi connectivity index (χ1) is 8.96. The SMILES string of the molecule is CNCCN(Cc1ccccc1C#N)CC(F)(F)F. The molecule has 0 spiro atoms. The van der Waals surface area contributed by atoms with E-state index in [1.807, 2.05) is 6.07 Å². The lowest BCUT2D eigenvalue weighted by molar-refractivity contribution is -0.146. The summed E-state index contributed by atoms with van der Waals surface area (Å²) in [7, 11) is 1.69. The molecule has 0 aliphatic carbocycles. The molecule has 0 atom stereocenters. The minimum absolute atomic E-state index is 0.116. The number of benzene rings is 1. The van der Waals surface area contributed by atoms with E-state index in [-0.39, 0.29) is 13.1 Å². The van der Waals surface area contributed by atoms with Crippen LogP contribution in [0.25, 0.3) is 0 Å². The van der Waals surface area contributed by atoms with Gasteiger partial charge in [0.15, 0.2) is 0 Å². The van der Waals surface area contributed by atoms with Crippen LogP contribution in [0.1, 0.15) is 11.1 Å². The van der Waals surface area contributed by atoms with Crippen molar-refractivity contribution in [2.45, 2.75) is 12.7 Å². The maximum Gasteiger partial charge on any atom is 0.401 e. The number of halogens is 3. The summed E-state index contributed by atoms with van der Waals surface area (Å²) in [6.07, 6.45) is -4.24. The summed E-state index contributed by atoms with van der Waals surface area (Å²) in [5.74, 6) is 0.